The first kappa shape index (κ1) is 15.5. The van der Waals surface area contributed by atoms with Gasteiger partial charge in [0.2, 0.25) is 11.7 Å². The predicted octanol–water partition coefficient (Wildman–Crippen LogP) is 0.610. The molecule has 0 saturated carbocycles. The molecule has 1 fully saturated rings. The van der Waals surface area contributed by atoms with E-state index in [2.05, 4.69) is 10.6 Å². The molecule has 21 heavy (non-hydrogen) atoms. The van der Waals surface area contributed by atoms with Crippen molar-refractivity contribution in [2.75, 3.05) is 26.8 Å². The summed E-state index contributed by atoms with van der Waals surface area (Å²) < 4.78 is 10.3. The van der Waals surface area contributed by atoms with Gasteiger partial charge in [-0.1, -0.05) is 0 Å². The Balaban J connectivity index is 1.96. The summed E-state index contributed by atoms with van der Waals surface area (Å²) in [5.41, 5.74) is -0.526. The number of carboxylic acid groups (broad SMARTS) is 1. The lowest BCUT2D eigenvalue weighted by Crippen LogP contribution is -2.49. The summed E-state index contributed by atoms with van der Waals surface area (Å²) in [6, 6.07) is 2.93. The number of methoxy groups -OCH3 is 1. The van der Waals surface area contributed by atoms with Crippen LogP contribution in [0.15, 0.2) is 16.5 Å². The number of nitrogens with one attached hydrogen (secondary N) is 2. The zero-order valence-corrected chi connectivity index (χ0v) is 12.0. The van der Waals surface area contributed by atoms with E-state index in [1.165, 1.54) is 6.07 Å². The average molecular weight is 296 g/mol. The molecular formula is C14H20N2O5. The maximum Gasteiger partial charge on any atom is 0.371 e. The molecule has 2 heterocycles. The molecular weight excluding hydrogens is 276 g/mol. The van der Waals surface area contributed by atoms with Crippen LogP contribution in [0.5, 0.6) is 0 Å². The van der Waals surface area contributed by atoms with Gasteiger partial charge in [-0.3, -0.25) is 4.79 Å². The van der Waals surface area contributed by atoms with Crippen molar-refractivity contribution in [2.45, 2.75) is 19.4 Å². The Bertz CT molecular complexity index is 500. The largest absolute Gasteiger partial charge is 0.475 e. The summed E-state index contributed by atoms with van der Waals surface area (Å²) >= 11 is 0. The number of carboxylic acids is 1. The Morgan fingerprint density at radius 2 is 2.14 bits per heavy atom. The summed E-state index contributed by atoms with van der Waals surface area (Å²) in [7, 11) is 1.59. The van der Waals surface area contributed by atoms with Crippen molar-refractivity contribution >= 4 is 11.9 Å². The molecule has 1 aromatic rings. The molecule has 0 unspecified atom stereocenters. The van der Waals surface area contributed by atoms with Crippen LogP contribution in [-0.2, 0) is 16.1 Å². The predicted molar refractivity (Wildman–Crippen MR) is 73.9 cm³/mol. The van der Waals surface area contributed by atoms with Crippen LogP contribution >= 0.6 is 0 Å². The van der Waals surface area contributed by atoms with Crippen molar-refractivity contribution in [3.8, 4) is 0 Å². The molecule has 3 N–H and O–H groups in total. The minimum atomic E-state index is -1.12. The third kappa shape index (κ3) is 3.62. The number of rotatable bonds is 6. The van der Waals surface area contributed by atoms with Crippen molar-refractivity contribution in [3.05, 3.63) is 23.7 Å². The van der Waals surface area contributed by atoms with Gasteiger partial charge in [-0.25, -0.2) is 4.79 Å². The van der Waals surface area contributed by atoms with Gasteiger partial charge in [-0.15, -0.1) is 0 Å². The van der Waals surface area contributed by atoms with Gasteiger partial charge in [-0.05, 0) is 38.1 Å². The first-order chi connectivity index (χ1) is 10.1. The Morgan fingerprint density at radius 3 is 2.71 bits per heavy atom. The van der Waals surface area contributed by atoms with E-state index in [1.807, 2.05) is 0 Å². The maximum atomic E-state index is 12.4. The normalized spacial score (nSPS) is 17.4. The second-order valence-electron chi connectivity index (χ2n) is 5.22. The van der Waals surface area contributed by atoms with Crippen LogP contribution in [0.4, 0.5) is 0 Å². The van der Waals surface area contributed by atoms with E-state index in [-0.39, 0.29) is 18.2 Å². The van der Waals surface area contributed by atoms with Gasteiger partial charge in [0, 0.05) is 7.11 Å². The second-order valence-corrected chi connectivity index (χ2v) is 5.22. The Hall–Kier alpha value is -1.86. The maximum absolute atomic E-state index is 12.4. The number of aromatic carboxylic acids is 1. The number of carbonyl (C=O) groups is 2. The monoisotopic (exact) mass is 296 g/mol. The zero-order valence-electron chi connectivity index (χ0n) is 12.0. The van der Waals surface area contributed by atoms with E-state index < -0.39 is 11.4 Å². The average Bonchev–Trinajstić information content (AvgIpc) is 2.95. The van der Waals surface area contributed by atoms with Crippen molar-refractivity contribution in [3.63, 3.8) is 0 Å². The molecule has 1 aromatic heterocycles. The van der Waals surface area contributed by atoms with E-state index in [4.69, 9.17) is 14.3 Å². The molecule has 0 atom stereocenters. The highest BCUT2D eigenvalue weighted by atomic mass is 16.5. The number of hydrogen-bond acceptors (Lipinski definition) is 5. The minimum Gasteiger partial charge on any atom is -0.475 e. The highest BCUT2D eigenvalue weighted by Gasteiger charge is 2.39. The summed E-state index contributed by atoms with van der Waals surface area (Å²) in [5.74, 6) is -0.920. The number of carbonyl (C=O) groups excluding carboxylic acids is 1. The van der Waals surface area contributed by atoms with E-state index in [0.29, 0.717) is 25.2 Å². The topological polar surface area (TPSA) is 101 Å². The van der Waals surface area contributed by atoms with E-state index in [1.54, 1.807) is 13.2 Å². The molecule has 0 aliphatic carbocycles. The van der Waals surface area contributed by atoms with Gasteiger partial charge in [0.15, 0.2) is 0 Å². The van der Waals surface area contributed by atoms with Crippen molar-refractivity contribution in [2.24, 2.45) is 5.41 Å². The molecule has 2 rings (SSSR count). The lowest BCUT2D eigenvalue weighted by molar-refractivity contribution is -0.136. The fourth-order valence-electron chi connectivity index (χ4n) is 2.56. The van der Waals surface area contributed by atoms with Gasteiger partial charge < -0.3 is 24.9 Å². The summed E-state index contributed by atoms with van der Waals surface area (Å²) in [6.45, 7) is 2.10. The number of piperidine rings is 1. The SMILES string of the molecule is COCC1(C(=O)NCc2ccc(C(=O)O)o2)CCNCC1. The molecule has 7 heteroatoms. The molecule has 1 amide bonds. The first-order valence-electron chi connectivity index (χ1n) is 6.87. The van der Waals surface area contributed by atoms with Crippen LogP contribution in [0.25, 0.3) is 0 Å². The van der Waals surface area contributed by atoms with Gasteiger partial charge in [0.05, 0.1) is 18.6 Å². The van der Waals surface area contributed by atoms with Crippen molar-refractivity contribution < 1.29 is 23.8 Å². The standard InChI is InChI=1S/C14H20N2O5/c1-20-9-14(4-6-15-7-5-14)13(19)16-8-10-2-3-11(21-10)12(17)18/h2-3,15H,4-9H2,1H3,(H,16,19)(H,17,18). The highest BCUT2D eigenvalue weighted by molar-refractivity contribution is 5.84. The number of furan rings is 1. The molecule has 1 aliphatic heterocycles. The van der Waals surface area contributed by atoms with Crippen molar-refractivity contribution in [1.29, 1.82) is 0 Å². The smallest absolute Gasteiger partial charge is 0.371 e. The second kappa shape index (κ2) is 6.73. The van der Waals surface area contributed by atoms with Crippen LogP contribution in [0, 0.1) is 5.41 Å². The van der Waals surface area contributed by atoms with E-state index in [0.717, 1.165) is 13.1 Å². The Kier molecular flexibility index (Phi) is 4.98. The highest BCUT2D eigenvalue weighted by Crippen LogP contribution is 2.29. The third-order valence-electron chi connectivity index (χ3n) is 3.76. The summed E-state index contributed by atoms with van der Waals surface area (Å²) in [4.78, 5) is 23.2. The molecule has 1 saturated heterocycles. The van der Waals surface area contributed by atoms with Crippen molar-refractivity contribution in [1.82, 2.24) is 10.6 Å². The Labute approximate surface area is 122 Å². The lowest BCUT2D eigenvalue weighted by atomic mass is 9.78. The van der Waals surface area contributed by atoms with Crippen LogP contribution in [0.2, 0.25) is 0 Å². The third-order valence-corrected chi connectivity index (χ3v) is 3.76. The van der Waals surface area contributed by atoms with Crippen LogP contribution in [0.3, 0.4) is 0 Å². The van der Waals surface area contributed by atoms with Gasteiger partial charge in [0.1, 0.15) is 5.76 Å². The lowest BCUT2D eigenvalue weighted by Gasteiger charge is -2.35. The number of ether oxygens (including phenoxy) is 1. The molecule has 0 aromatic carbocycles. The molecule has 0 bridgehead atoms. The molecule has 7 nitrogen and oxygen atoms in total. The fourth-order valence-corrected chi connectivity index (χ4v) is 2.56. The van der Waals surface area contributed by atoms with E-state index >= 15 is 0 Å². The molecule has 0 radical (unpaired) electrons. The van der Waals surface area contributed by atoms with Gasteiger partial charge >= 0.3 is 5.97 Å². The Morgan fingerprint density at radius 1 is 1.43 bits per heavy atom. The molecule has 0 spiro atoms. The van der Waals surface area contributed by atoms with Crippen LogP contribution < -0.4 is 10.6 Å². The van der Waals surface area contributed by atoms with Gasteiger partial charge in [-0.2, -0.15) is 0 Å². The van der Waals surface area contributed by atoms with Crippen LogP contribution in [-0.4, -0.2) is 43.8 Å². The number of hydrogen-bond donors (Lipinski definition) is 3. The fraction of sp³-hybridized carbons (Fsp3) is 0.571. The molecule has 1 aliphatic rings. The van der Waals surface area contributed by atoms with Gasteiger partial charge in [0.25, 0.3) is 0 Å². The quantitative estimate of drug-likeness (QED) is 0.711. The number of amides is 1. The zero-order chi connectivity index (χ0) is 15.3. The molecule has 116 valence electrons. The minimum absolute atomic E-state index is 0.0841. The van der Waals surface area contributed by atoms with Crippen LogP contribution in [0.1, 0.15) is 29.2 Å². The summed E-state index contributed by atoms with van der Waals surface area (Å²) in [6.07, 6.45) is 1.43. The first-order valence-corrected chi connectivity index (χ1v) is 6.87. The van der Waals surface area contributed by atoms with E-state index in [9.17, 15) is 9.59 Å². The summed E-state index contributed by atoms with van der Waals surface area (Å²) in [5, 5.41) is 14.8.